The zero-order chi connectivity index (χ0) is 31.0. The summed E-state index contributed by atoms with van der Waals surface area (Å²) in [6.07, 6.45) is 0.276. The molecule has 0 saturated carbocycles. The molecule has 3 aromatic rings. The summed E-state index contributed by atoms with van der Waals surface area (Å²) in [5.41, 5.74) is 5.67. The zero-order valence-corrected chi connectivity index (χ0v) is 23.9. The fourth-order valence-corrected chi connectivity index (χ4v) is 6.45. The number of aromatic amines is 1. The minimum absolute atomic E-state index is 0.0733. The molecule has 3 aromatic heterocycles. The van der Waals surface area contributed by atoms with Crippen LogP contribution in [0.4, 0.5) is 5.88 Å². The number of hydrogen-bond donors (Lipinski definition) is 11. The summed E-state index contributed by atoms with van der Waals surface area (Å²) in [4.78, 5) is 62.7. The van der Waals surface area contributed by atoms with Gasteiger partial charge in [0.25, 0.3) is 0 Å². The summed E-state index contributed by atoms with van der Waals surface area (Å²) in [6.45, 7) is -0.499. The van der Waals surface area contributed by atoms with E-state index in [1.807, 2.05) is 0 Å². The van der Waals surface area contributed by atoms with Gasteiger partial charge in [0, 0.05) is 0 Å². The summed E-state index contributed by atoms with van der Waals surface area (Å²) in [5, 5.41) is 35.0. The molecule has 44 heavy (non-hydrogen) atoms. The number of nitrogens with zero attached hydrogens (tertiary/aromatic N) is 4. The molecule has 22 nitrogen and oxygen atoms in total. The molecule has 1 fully saturated rings. The number of imidazole rings is 1. The maximum absolute atomic E-state index is 12.1. The molecule has 1 saturated heterocycles. The summed E-state index contributed by atoms with van der Waals surface area (Å²) < 4.78 is 33.2. The molecule has 4 aliphatic heterocycles. The standard InChI is InChI=1S/C20H25N9O13P2/c21-16-10-17(24-4-23-16)28(6-26-10)20-12(31)14-9(40-20)3-38-44(35,36)42-15-11(30)8(2-37-43(33,34)41-14)39-13(15)7-1-22-18-19(32)25-5-27-29(7)18/h1-2,5,11,17,23-24,26,30-31,33-36,43-44H,3-4,6,21H2,(H,25,27,32)/b8-2+/t11-,17?/m1/s1. The van der Waals surface area contributed by atoms with E-state index in [2.05, 4.69) is 31.0 Å². The number of furan rings is 1. The second kappa shape index (κ2) is 10.1. The molecule has 1 unspecified atom stereocenters. The number of aromatic nitrogens is 4. The van der Waals surface area contributed by atoms with Crippen LogP contribution < -0.4 is 36.7 Å². The first kappa shape index (κ1) is 28.4. The number of rotatable bonds is 2. The molecular weight excluding hydrogens is 636 g/mol. The second-order valence-electron chi connectivity index (χ2n) is 9.52. The first-order valence-electron chi connectivity index (χ1n) is 12.6. The molecule has 4 aliphatic rings. The molecule has 7 rings (SSSR count). The summed E-state index contributed by atoms with van der Waals surface area (Å²) in [6, 6.07) is 0. The Morgan fingerprint density at radius 1 is 1.14 bits per heavy atom. The van der Waals surface area contributed by atoms with Crippen molar-refractivity contribution in [1.82, 2.24) is 35.5 Å². The summed E-state index contributed by atoms with van der Waals surface area (Å²) in [7, 11) is -10.5. The number of nitrogens with one attached hydrogen (secondary N) is 4. The number of aliphatic hydroxyl groups excluding tert-OH is 1. The van der Waals surface area contributed by atoms with E-state index in [1.165, 1.54) is 4.90 Å². The molecule has 238 valence electrons. The fraction of sp³-hybridized carbons (Fsp3) is 0.250. The van der Waals surface area contributed by atoms with Crippen LogP contribution >= 0.6 is 16.3 Å². The molecule has 7 heterocycles. The Labute approximate surface area is 244 Å². The first-order valence-corrected chi connectivity index (χ1v) is 16.0. The molecule has 0 spiro atoms. The average molecular weight is 661 g/mol. The van der Waals surface area contributed by atoms with Gasteiger partial charge in [0.15, 0.2) is 0 Å². The van der Waals surface area contributed by atoms with Crippen LogP contribution in [0.1, 0.15) is 11.5 Å². The maximum atomic E-state index is 12.1. The third-order valence-corrected chi connectivity index (χ3v) is 8.64. The van der Waals surface area contributed by atoms with Crippen molar-refractivity contribution in [2.24, 2.45) is 5.73 Å². The Morgan fingerprint density at radius 3 is 2.77 bits per heavy atom. The van der Waals surface area contributed by atoms with Gasteiger partial charge >= 0.3 is 244 Å². The fourth-order valence-electron chi connectivity index (χ4n) is 4.78. The second-order valence-corrected chi connectivity index (χ2v) is 12.6. The predicted octanol–water partition coefficient (Wildman–Crippen LogP) is -2.98. The van der Waals surface area contributed by atoms with E-state index in [1.54, 1.807) is 0 Å². The van der Waals surface area contributed by atoms with Crippen molar-refractivity contribution in [2.45, 2.75) is 18.9 Å². The van der Waals surface area contributed by atoms with Gasteiger partial charge in [-0.2, -0.15) is 0 Å². The molecule has 0 aromatic carbocycles. The minimum atomic E-state index is -5.26. The number of anilines is 1. The van der Waals surface area contributed by atoms with Crippen LogP contribution in [-0.2, 0) is 24.9 Å². The topological polar surface area (TPSA) is 309 Å². The van der Waals surface area contributed by atoms with E-state index in [-0.39, 0.29) is 36.3 Å². The van der Waals surface area contributed by atoms with Gasteiger partial charge in [-0.15, -0.1) is 0 Å². The average Bonchev–Trinajstić information content (AvgIpc) is 3.73. The van der Waals surface area contributed by atoms with Crippen molar-refractivity contribution >= 4 is 33.6 Å². The van der Waals surface area contributed by atoms with Crippen molar-refractivity contribution in [1.29, 1.82) is 0 Å². The number of ether oxygens (including phenoxy) is 1. The van der Waals surface area contributed by atoms with Crippen molar-refractivity contribution in [3.05, 3.63) is 63.6 Å². The molecule has 2 bridgehead atoms. The summed E-state index contributed by atoms with van der Waals surface area (Å²) in [5.74, 6) is -3.20. The van der Waals surface area contributed by atoms with Crippen LogP contribution in [0.2, 0.25) is 0 Å². The van der Waals surface area contributed by atoms with Gasteiger partial charge in [0.05, 0.1) is 0 Å². The van der Waals surface area contributed by atoms with Gasteiger partial charge in [0.1, 0.15) is 0 Å². The molecule has 0 radical (unpaired) electrons. The van der Waals surface area contributed by atoms with Gasteiger partial charge in [-0.05, 0) is 0 Å². The van der Waals surface area contributed by atoms with E-state index < -0.39 is 69.6 Å². The van der Waals surface area contributed by atoms with Gasteiger partial charge in [-0.25, -0.2) is 0 Å². The number of nitrogens with two attached hydrogens (primary N) is 1. The Kier molecular flexibility index (Phi) is 6.51. The third kappa shape index (κ3) is 4.70. The SMILES string of the molecule is NC1=C2NCN(c3oc4c(c3O)O[PH](O)(O)O/C=C3/OC(c5cnc6c(=O)[nH]cnn56)=C(O[PH](O)(O)OC4)[C@@H]3O)C2NCN1. The molecule has 0 aliphatic carbocycles. The van der Waals surface area contributed by atoms with Crippen molar-refractivity contribution < 1.29 is 57.0 Å². The van der Waals surface area contributed by atoms with Crippen LogP contribution in [-0.4, -0.2) is 75.0 Å². The van der Waals surface area contributed by atoms with Gasteiger partial charge < -0.3 is 0 Å². The van der Waals surface area contributed by atoms with Crippen LogP contribution in [0, 0.1) is 0 Å². The van der Waals surface area contributed by atoms with E-state index >= 15 is 0 Å². The van der Waals surface area contributed by atoms with E-state index in [0.29, 0.717) is 17.8 Å². The van der Waals surface area contributed by atoms with Crippen molar-refractivity contribution in [3.8, 4) is 11.5 Å². The number of fused-ring (bicyclic) bond motifs is 5. The molecule has 12 N–H and O–H groups in total. The molecular formula is C20H25N9O13P2. The van der Waals surface area contributed by atoms with Crippen LogP contribution in [0.15, 0.2) is 51.0 Å². The van der Waals surface area contributed by atoms with Crippen LogP contribution in [0.3, 0.4) is 0 Å². The first-order chi connectivity index (χ1) is 20.9. The number of hydrogen-bond acceptors (Lipinski definition) is 20. The Hall–Kier alpha value is -4.37. The van der Waals surface area contributed by atoms with E-state index in [4.69, 9.17) is 33.0 Å². The Morgan fingerprint density at radius 2 is 1.95 bits per heavy atom. The van der Waals surface area contributed by atoms with Crippen LogP contribution in [0.5, 0.6) is 11.5 Å². The number of aliphatic hydroxyl groups is 1. The Bertz CT molecular complexity index is 1820. The summed E-state index contributed by atoms with van der Waals surface area (Å²) >= 11 is 0. The number of aromatic hydroxyl groups is 1. The van der Waals surface area contributed by atoms with Gasteiger partial charge in [0.2, 0.25) is 0 Å². The third-order valence-electron chi connectivity index (χ3n) is 6.74. The predicted molar refractivity (Wildman–Crippen MR) is 146 cm³/mol. The van der Waals surface area contributed by atoms with Gasteiger partial charge in [-0.1, -0.05) is 0 Å². The molecule has 2 atom stereocenters. The quantitative estimate of drug-likeness (QED) is 0.122. The van der Waals surface area contributed by atoms with Crippen molar-refractivity contribution in [3.63, 3.8) is 0 Å². The van der Waals surface area contributed by atoms with E-state index in [0.717, 1.165) is 17.0 Å². The van der Waals surface area contributed by atoms with Gasteiger partial charge in [-0.3, -0.25) is 0 Å². The normalized spacial score (nSPS) is 26.9. The monoisotopic (exact) mass is 661 g/mol. The van der Waals surface area contributed by atoms with Crippen molar-refractivity contribution in [2.75, 3.05) is 18.2 Å². The Balaban J connectivity index is 1.27. The molecule has 24 heteroatoms. The number of H-pyrrole nitrogens is 1. The van der Waals surface area contributed by atoms with Crippen LogP contribution in [0.25, 0.3) is 11.4 Å². The zero-order valence-electron chi connectivity index (χ0n) is 21.9. The van der Waals surface area contributed by atoms with E-state index in [9.17, 15) is 34.6 Å². The molecule has 0 amide bonds.